The number of hydrogen-bond acceptors (Lipinski definition) is 7. The third kappa shape index (κ3) is 3.19. The summed E-state index contributed by atoms with van der Waals surface area (Å²) in [6.45, 7) is 6.26. The number of nitro benzene ring substituents is 1. The maximum atomic E-state index is 13.2. The van der Waals surface area contributed by atoms with Crippen LogP contribution in [0.4, 0.5) is 5.69 Å². The van der Waals surface area contributed by atoms with Crippen LogP contribution in [0, 0.1) is 17.0 Å². The highest BCUT2D eigenvalue weighted by Crippen LogP contribution is 2.47. The Morgan fingerprint density at radius 1 is 1.27 bits per heavy atom. The van der Waals surface area contributed by atoms with Gasteiger partial charge in [-0.3, -0.25) is 10.1 Å². The van der Waals surface area contributed by atoms with Crippen LogP contribution in [0.25, 0.3) is 22.4 Å². The molecule has 2 aliphatic heterocycles. The Morgan fingerprint density at radius 3 is 2.67 bits per heavy atom. The summed E-state index contributed by atoms with van der Waals surface area (Å²) in [5, 5.41) is 21.4. The number of nitrogens with zero attached hydrogens (tertiary/aromatic N) is 2. The fourth-order valence-electron chi connectivity index (χ4n) is 4.71. The molecule has 0 radical (unpaired) electrons. The minimum atomic E-state index is -0.650. The fraction of sp³-hybridized carbons (Fsp3) is 0.292. The Bertz CT molecular complexity index is 1330. The third-order valence-corrected chi connectivity index (χ3v) is 6.08. The third-order valence-electron chi connectivity index (χ3n) is 6.08. The first-order chi connectivity index (χ1) is 15.8. The largest absolute Gasteiger partial charge is 0.502 e. The Morgan fingerprint density at radius 2 is 2.00 bits per heavy atom. The summed E-state index contributed by atoms with van der Waals surface area (Å²) in [6, 6.07) is 7.93. The van der Waals surface area contributed by atoms with Gasteiger partial charge in [0.05, 0.1) is 22.8 Å². The molecule has 9 heteroatoms. The van der Waals surface area contributed by atoms with Crippen LogP contribution in [0.3, 0.4) is 0 Å². The number of rotatable bonds is 4. The second kappa shape index (κ2) is 7.54. The number of aryl methyl sites for hydroxylation is 1. The monoisotopic (exact) mass is 450 g/mol. The van der Waals surface area contributed by atoms with Crippen molar-refractivity contribution in [3.8, 4) is 39.6 Å². The highest BCUT2D eigenvalue weighted by molar-refractivity contribution is 6.05. The van der Waals surface area contributed by atoms with Gasteiger partial charge in [-0.15, -0.1) is 0 Å². The van der Waals surface area contributed by atoms with Gasteiger partial charge in [0.15, 0.2) is 17.2 Å². The molecule has 33 heavy (non-hydrogen) atoms. The van der Waals surface area contributed by atoms with Crippen LogP contribution >= 0.6 is 0 Å². The van der Waals surface area contributed by atoms with Crippen molar-refractivity contribution < 1.29 is 29.0 Å². The Kier molecular flexibility index (Phi) is 4.77. The Balaban J connectivity index is 1.76. The van der Waals surface area contributed by atoms with Crippen LogP contribution in [0.2, 0.25) is 0 Å². The molecule has 1 N–H and O–H groups in total. The zero-order valence-electron chi connectivity index (χ0n) is 18.4. The summed E-state index contributed by atoms with van der Waals surface area (Å²) in [4.78, 5) is 23.7. The van der Waals surface area contributed by atoms with Crippen molar-refractivity contribution in [1.29, 1.82) is 0 Å². The molecule has 1 aromatic heterocycles. The average Bonchev–Trinajstić information content (AvgIpc) is 3.27. The number of ether oxygens (including phenoxy) is 3. The number of carbonyl (C=O) groups excluding carboxylic acids is 1. The van der Waals surface area contributed by atoms with Crippen LogP contribution in [0.15, 0.2) is 30.3 Å². The van der Waals surface area contributed by atoms with Crippen molar-refractivity contribution >= 4 is 11.7 Å². The standard InChI is InChI=1S/C24H22N2O7/c1-4-31-24(28)22-21(15-5-6-17(26(29)30)18(27)9-15)12(2)25-8-7-14-10-19-20(33-13(3)32-19)11-16(14)23(22)25/h5-6,9-11,13,27H,4,7-8H2,1-3H3. The van der Waals surface area contributed by atoms with Crippen LogP contribution in [-0.2, 0) is 17.7 Å². The number of aromatic nitrogens is 1. The first kappa shape index (κ1) is 20.9. The lowest BCUT2D eigenvalue weighted by atomic mass is 9.93. The molecule has 0 bridgehead atoms. The zero-order valence-corrected chi connectivity index (χ0v) is 18.4. The molecule has 9 nitrogen and oxygen atoms in total. The smallest absolute Gasteiger partial charge is 0.340 e. The number of aromatic hydroxyl groups is 1. The number of hydrogen-bond donors (Lipinski definition) is 1. The molecule has 170 valence electrons. The van der Waals surface area contributed by atoms with Crippen LogP contribution < -0.4 is 9.47 Å². The molecule has 3 aromatic rings. The first-order valence-electron chi connectivity index (χ1n) is 10.7. The molecule has 2 aromatic carbocycles. The van der Waals surface area contributed by atoms with E-state index in [0.717, 1.165) is 23.2 Å². The fourth-order valence-corrected chi connectivity index (χ4v) is 4.71. The average molecular weight is 450 g/mol. The van der Waals surface area contributed by atoms with Gasteiger partial charge in [0.2, 0.25) is 6.29 Å². The first-order valence-corrected chi connectivity index (χ1v) is 10.7. The van der Waals surface area contributed by atoms with E-state index in [4.69, 9.17) is 14.2 Å². The van der Waals surface area contributed by atoms with Gasteiger partial charge in [0, 0.05) is 36.4 Å². The second-order valence-corrected chi connectivity index (χ2v) is 8.03. The van der Waals surface area contributed by atoms with E-state index in [-0.39, 0.29) is 12.9 Å². The number of nitro groups is 1. The minimum Gasteiger partial charge on any atom is -0.502 e. The van der Waals surface area contributed by atoms with E-state index in [1.165, 1.54) is 18.2 Å². The second-order valence-electron chi connectivity index (χ2n) is 8.03. The normalized spacial score (nSPS) is 15.7. The summed E-state index contributed by atoms with van der Waals surface area (Å²) in [5.41, 5.74) is 4.41. The number of phenolic OH excluding ortho intramolecular Hbond substituents is 1. The molecule has 0 saturated carbocycles. The molecule has 0 fully saturated rings. The summed E-state index contributed by atoms with van der Waals surface area (Å²) in [7, 11) is 0. The van der Waals surface area contributed by atoms with Crippen LogP contribution in [-0.4, -0.2) is 33.5 Å². The highest BCUT2D eigenvalue weighted by atomic mass is 16.7. The van der Waals surface area contributed by atoms with Gasteiger partial charge in [0.1, 0.15) is 0 Å². The maximum absolute atomic E-state index is 13.2. The summed E-state index contributed by atoms with van der Waals surface area (Å²) >= 11 is 0. The van der Waals surface area contributed by atoms with E-state index in [1.54, 1.807) is 6.92 Å². The molecule has 0 spiro atoms. The molecule has 2 aliphatic rings. The molecular formula is C24H22N2O7. The van der Waals surface area contributed by atoms with Crippen molar-refractivity contribution in [1.82, 2.24) is 4.57 Å². The van der Waals surface area contributed by atoms with Gasteiger partial charge in [-0.05, 0) is 55.7 Å². The van der Waals surface area contributed by atoms with Gasteiger partial charge >= 0.3 is 11.7 Å². The number of esters is 1. The lowest BCUT2D eigenvalue weighted by Crippen LogP contribution is -2.14. The summed E-state index contributed by atoms with van der Waals surface area (Å²) in [6.07, 6.45) is 0.344. The number of carbonyl (C=O) groups is 1. The van der Waals surface area contributed by atoms with Crippen molar-refractivity contribution in [3.63, 3.8) is 0 Å². The SMILES string of the molecule is CCOC(=O)c1c(-c2ccc([N+](=O)[O-])c(O)c2)c(C)n2c1-c1cc3c(cc1CC2)OC(C)O3. The van der Waals surface area contributed by atoms with Crippen molar-refractivity contribution in [2.75, 3.05) is 6.61 Å². The Labute approximate surface area is 189 Å². The van der Waals surface area contributed by atoms with Crippen molar-refractivity contribution in [3.05, 3.63) is 57.3 Å². The molecule has 1 unspecified atom stereocenters. The molecule has 0 saturated heterocycles. The van der Waals surface area contributed by atoms with Gasteiger partial charge < -0.3 is 23.9 Å². The molecule has 0 amide bonds. The molecule has 3 heterocycles. The molecule has 1 atom stereocenters. The van der Waals surface area contributed by atoms with Gasteiger partial charge in [-0.2, -0.15) is 0 Å². The van der Waals surface area contributed by atoms with Crippen LogP contribution in [0.1, 0.15) is 35.5 Å². The number of fused-ring (bicyclic) bond motifs is 4. The number of benzene rings is 2. The van der Waals surface area contributed by atoms with E-state index >= 15 is 0 Å². The topological polar surface area (TPSA) is 113 Å². The summed E-state index contributed by atoms with van der Waals surface area (Å²) < 4.78 is 18.9. The van der Waals surface area contributed by atoms with Crippen molar-refractivity contribution in [2.24, 2.45) is 0 Å². The quantitative estimate of drug-likeness (QED) is 0.351. The van der Waals surface area contributed by atoms with Crippen molar-refractivity contribution in [2.45, 2.75) is 40.0 Å². The van der Waals surface area contributed by atoms with E-state index in [0.29, 0.717) is 40.4 Å². The Hall–Kier alpha value is -4.01. The van der Waals surface area contributed by atoms with E-state index in [2.05, 4.69) is 0 Å². The van der Waals surface area contributed by atoms with E-state index in [1.807, 2.05) is 30.5 Å². The molecular weight excluding hydrogens is 428 g/mol. The lowest BCUT2D eigenvalue weighted by Gasteiger charge is -2.22. The van der Waals surface area contributed by atoms with Gasteiger partial charge in [0.25, 0.3) is 0 Å². The number of phenols is 1. The molecule has 0 aliphatic carbocycles. The molecule has 5 rings (SSSR count). The van der Waals surface area contributed by atoms with E-state index < -0.39 is 22.3 Å². The predicted molar refractivity (Wildman–Crippen MR) is 119 cm³/mol. The minimum absolute atomic E-state index is 0.193. The summed E-state index contributed by atoms with van der Waals surface area (Å²) in [5.74, 6) is 0.323. The van der Waals surface area contributed by atoms with Crippen LogP contribution in [0.5, 0.6) is 17.2 Å². The predicted octanol–water partition coefficient (Wildman–Crippen LogP) is 4.59. The van der Waals surface area contributed by atoms with Gasteiger partial charge in [-0.1, -0.05) is 0 Å². The zero-order chi connectivity index (χ0) is 23.4. The van der Waals surface area contributed by atoms with E-state index in [9.17, 15) is 20.0 Å². The highest BCUT2D eigenvalue weighted by Gasteiger charge is 2.34. The van der Waals surface area contributed by atoms with Gasteiger partial charge in [-0.25, -0.2) is 4.79 Å². The lowest BCUT2D eigenvalue weighted by molar-refractivity contribution is -0.385. The maximum Gasteiger partial charge on any atom is 0.340 e.